The summed E-state index contributed by atoms with van der Waals surface area (Å²) in [6, 6.07) is 21.3. The maximum Gasteiger partial charge on any atom is 0.240 e. The fourth-order valence-electron chi connectivity index (χ4n) is 3.84. The number of halogens is 1. The van der Waals surface area contributed by atoms with Crippen molar-refractivity contribution in [3.05, 3.63) is 95.3 Å². The van der Waals surface area contributed by atoms with Gasteiger partial charge in [0, 0.05) is 11.3 Å². The fourth-order valence-corrected chi connectivity index (χ4v) is 4.92. The SMILES string of the molecule is Cc1cccc(NC(=O)[C@H]2Sc3nnc(-c4ccccc4)n3N[C@@H]2c2ccc(F)cc2)c1C. The number of carbonyl (C=O) groups excluding carboxylic acids is 1. The van der Waals surface area contributed by atoms with E-state index in [2.05, 4.69) is 20.9 Å². The predicted molar refractivity (Wildman–Crippen MR) is 128 cm³/mol. The monoisotopic (exact) mass is 459 g/mol. The molecule has 6 nitrogen and oxygen atoms in total. The van der Waals surface area contributed by atoms with Gasteiger partial charge in [-0.25, -0.2) is 9.07 Å². The summed E-state index contributed by atoms with van der Waals surface area (Å²) in [7, 11) is 0. The van der Waals surface area contributed by atoms with Crippen LogP contribution < -0.4 is 10.7 Å². The summed E-state index contributed by atoms with van der Waals surface area (Å²) in [5, 5.41) is 11.8. The average molecular weight is 460 g/mol. The van der Waals surface area contributed by atoms with Gasteiger partial charge in [-0.3, -0.25) is 4.79 Å². The molecule has 5 rings (SSSR count). The van der Waals surface area contributed by atoms with E-state index in [4.69, 9.17) is 0 Å². The Morgan fingerprint density at radius 3 is 2.52 bits per heavy atom. The molecule has 2 N–H and O–H groups in total. The molecule has 3 aromatic carbocycles. The van der Waals surface area contributed by atoms with Gasteiger partial charge in [0.05, 0.1) is 6.04 Å². The molecule has 0 aliphatic carbocycles. The van der Waals surface area contributed by atoms with Crippen LogP contribution in [0.25, 0.3) is 11.4 Å². The molecular weight excluding hydrogens is 437 g/mol. The van der Waals surface area contributed by atoms with Gasteiger partial charge in [0.25, 0.3) is 0 Å². The molecule has 1 aromatic heterocycles. The number of aromatic nitrogens is 3. The number of aryl methyl sites for hydroxylation is 1. The second-order valence-corrected chi connectivity index (χ2v) is 9.05. The first-order chi connectivity index (χ1) is 16.0. The molecule has 2 heterocycles. The van der Waals surface area contributed by atoms with E-state index in [0.717, 1.165) is 27.9 Å². The van der Waals surface area contributed by atoms with E-state index in [1.165, 1.54) is 23.9 Å². The third kappa shape index (κ3) is 4.09. The molecule has 166 valence electrons. The second-order valence-electron chi connectivity index (χ2n) is 7.94. The molecule has 1 aliphatic heterocycles. The fraction of sp³-hybridized carbons (Fsp3) is 0.160. The van der Waals surface area contributed by atoms with Crippen LogP contribution >= 0.6 is 11.8 Å². The van der Waals surface area contributed by atoms with Crippen molar-refractivity contribution in [2.24, 2.45) is 0 Å². The van der Waals surface area contributed by atoms with Crippen molar-refractivity contribution in [2.75, 3.05) is 10.7 Å². The lowest BCUT2D eigenvalue weighted by Crippen LogP contribution is -2.41. The number of hydrogen-bond donors (Lipinski definition) is 2. The Morgan fingerprint density at radius 2 is 1.76 bits per heavy atom. The Kier molecular flexibility index (Phi) is 5.60. The molecule has 33 heavy (non-hydrogen) atoms. The Bertz CT molecular complexity index is 1310. The highest BCUT2D eigenvalue weighted by molar-refractivity contribution is 8.00. The number of hydrogen-bond acceptors (Lipinski definition) is 5. The van der Waals surface area contributed by atoms with Gasteiger partial charge in [-0.2, -0.15) is 0 Å². The van der Waals surface area contributed by atoms with E-state index < -0.39 is 11.3 Å². The summed E-state index contributed by atoms with van der Waals surface area (Å²) in [6.45, 7) is 3.99. The smallest absolute Gasteiger partial charge is 0.240 e. The van der Waals surface area contributed by atoms with Crippen LogP contribution in [0.1, 0.15) is 22.7 Å². The van der Waals surface area contributed by atoms with Gasteiger partial charge in [0.2, 0.25) is 11.1 Å². The molecule has 0 unspecified atom stereocenters. The molecule has 4 aromatic rings. The molecule has 2 atom stereocenters. The molecule has 0 radical (unpaired) electrons. The number of benzene rings is 3. The van der Waals surface area contributed by atoms with E-state index in [1.807, 2.05) is 62.4 Å². The normalized spacial score (nSPS) is 17.2. The van der Waals surface area contributed by atoms with Gasteiger partial charge >= 0.3 is 0 Å². The molecule has 0 fully saturated rings. The van der Waals surface area contributed by atoms with Crippen molar-refractivity contribution in [1.82, 2.24) is 14.9 Å². The Balaban J connectivity index is 1.52. The maximum atomic E-state index is 13.6. The largest absolute Gasteiger partial charge is 0.325 e. The zero-order valence-electron chi connectivity index (χ0n) is 18.1. The van der Waals surface area contributed by atoms with Crippen LogP contribution in [-0.4, -0.2) is 26.0 Å². The first-order valence-corrected chi connectivity index (χ1v) is 11.5. The first-order valence-electron chi connectivity index (χ1n) is 10.6. The van der Waals surface area contributed by atoms with Gasteiger partial charge in [-0.05, 0) is 48.7 Å². The standard InChI is InChI=1S/C25H22FN5OS/c1-15-7-6-10-20(16(15)2)27-24(32)22-21(17-11-13-19(26)14-12-17)30-31-23(28-29-25(31)33-22)18-8-4-3-5-9-18/h3-14,21-22,30H,1-2H3,(H,27,32)/t21-,22+/m1/s1. The van der Waals surface area contributed by atoms with E-state index >= 15 is 0 Å². The minimum atomic E-state index is -0.546. The molecule has 1 amide bonds. The van der Waals surface area contributed by atoms with Crippen LogP contribution in [-0.2, 0) is 4.79 Å². The summed E-state index contributed by atoms with van der Waals surface area (Å²) >= 11 is 1.34. The molecule has 8 heteroatoms. The van der Waals surface area contributed by atoms with E-state index in [0.29, 0.717) is 11.0 Å². The number of thioether (sulfide) groups is 1. The van der Waals surface area contributed by atoms with Crippen molar-refractivity contribution in [3.63, 3.8) is 0 Å². The van der Waals surface area contributed by atoms with Gasteiger partial charge < -0.3 is 10.7 Å². The third-order valence-electron chi connectivity index (χ3n) is 5.82. The van der Waals surface area contributed by atoms with Crippen molar-refractivity contribution < 1.29 is 9.18 Å². The van der Waals surface area contributed by atoms with Crippen molar-refractivity contribution >= 4 is 23.4 Å². The van der Waals surface area contributed by atoms with Gasteiger partial charge in [-0.15, -0.1) is 10.2 Å². The zero-order chi connectivity index (χ0) is 22.9. The topological polar surface area (TPSA) is 71.8 Å². The Hall–Kier alpha value is -3.65. The lowest BCUT2D eigenvalue weighted by atomic mass is 10.0. The highest BCUT2D eigenvalue weighted by Crippen LogP contribution is 2.39. The number of fused-ring (bicyclic) bond motifs is 1. The summed E-state index contributed by atoms with van der Waals surface area (Å²) in [6.07, 6.45) is 0. The minimum Gasteiger partial charge on any atom is -0.325 e. The lowest BCUT2D eigenvalue weighted by molar-refractivity contribution is -0.116. The van der Waals surface area contributed by atoms with Crippen LogP contribution in [0.3, 0.4) is 0 Å². The van der Waals surface area contributed by atoms with Gasteiger partial charge in [-0.1, -0.05) is 66.4 Å². The Morgan fingerprint density at radius 1 is 1.00 bits per heavy atom. The highest BCUT2D eigenvalue weighted by Gasteiger charge is 2.38. The number of nitrogens with one attached hydrogen (secondary N) is 2. The molecule has 0 spiro atoms. The lowest BCUT2D eigenvalue weighted by Gasteiger charge is -2.33. The van der Waals surface area contributed by atoms with Crippen LogP contribution in [0.5, 0.6) is 0 Å². The van der Waals surface area contributed by atoms with Crippen LogP contribution in [0.15, 0.2) is 78.0 Å². The van der Waals surface area contributed by atoms with Crippen LogP contribution in [0.2, 0.25) is 0 Å². The maximum absolute atomic E-state index is 13.6. The van der Waals surface area contributed by atoms with Crippen LogP contribution in [0.4, 0.5) is 10.1 Å². The number of carbonyl (C=O) groups is 1. The van der Waals surface area contributed by atoms with E-state index in [9.17, 15) is 9.18 Å². The van der Waals surface area contributed by atoms with E-state index in [-0.39, 0.29) is 11.7 Å². The quantitative estimate of drug-likeness (QED) is 0.444. The summed E-state index contributed by atoms with van der Waals surface area (Å²) in [5.41, 5.74) is 8.00. The molecule has 1 aliphatic rings. The summed E-state index contributed by atoms with van der Waals surface area (Å²) in [5.74, 6) is 0.165. The number of rotatable bonds is 4. The first kappa shape index (κ1) is 21.2. The summed E-state index contributed by atoms with van der Waals surface area (Å²) < 4.78 is 15.4. The minimum absolute atomic E-state index is 0.161. The molecule has 0 saturated heterocycles. The number of nitrogens with zero attached hydrogens (tertiary/aromatic N) is 3. The van der Waals surface area contributed by atoms with E-state index in [1.54, 1.807) is 16.8 Å². The molecule has 0 bridgehead atoms. The highest BCUT2D eigenvalue weighted by atomic mass is 32.2. The molecular formula is C25H22FN5OS. The van der Waals surface area contributed by atoms with Crippen LogP contribution in [0, 0.1) is 19.7 Å². The average Bonchev–Trinajstić information content (AvgIpc) is 3.25. The number of anilines is 1. The third-order valence-corrected chi connectivity index (χ3v) is 7.03. The second kappa shape index (κ2) is 8.71. The zero-order valence-corrected chi connectivity index (χ0v) is 18.9. The van der Waals surface area contributed by atoms with Crippen molar-refractivity contribution in [2.45, 2.75) is 30.3 Å². The number of amides is 1. The predicted octanol–water partition coefficient (Wildman–Crippen LogP) is 5.10. The molecule has 0 saturated carbocycles. The van der Waals surface area contributed by atoms with Crippen molar-refractivity contribution in [1.29, 1.82) is 0 Å². The van der Waals surface area contributed by atoms with Gasteiger partial charge in [0.1, 0.15) is 11.1 Å². The van der Waals surface area contributed by atoms with Gasteiger partial charge in [0.15, 0.2) is 5.82 Å². The Labute approximate surface area is 195 Å². The van der Waals surface area contributed by atoms with Crippen molar-refractivity contribution in [3.8, 4) is 11.4 Å². The summed E-state index contributed by atoms with van der Waals surface area (Å²) in [4.78, 5) is 13.5.